The van der Waals surface area contributed by atoms with Crippen molar-refractivity contribution in [3.8, 4) is 11.8 Å². The van der Waals surface area contributed by atoms with Crippen LogP contribution >= 0.6 is 0 Å². The highest BCUT2D eigenvalue weighted by molar-refractivity contribution is 5.66. The van der Waals surface area contributed by atoms with Crippen LogP contribution in [0.4, 0.5) is 16.4 Å². The van der Waals surface area contributed by atoms with Crippen LogP contribution in [0.15, 0.2) is 24.7 Å². The summed E-state index contributed by atoms with van der Waals surface area (Å²) in [7, 11) is 0. The van der Waals surface area contributed by atoms with Crippen molar-refractivity contribution in [3.05, 3.63) is 41.5 Å². The van der Waals surface area contributed by atoms with Gasteiger partial charge in [-0.15, -0.1) is 0 Å². The normalized spacial score (nSPS) is 14.0. The van der Waals surface area contributed by atoms with Crippen LogP contribution in [0.2, 0.25) is 0 Å². The third kappa shape index (κ3) is 3.77. The molecule has 1 amide bonds. The maximum absolute atomic E-state index is 11.0. The van der Waals surface area contributed by atoms with Crippen molar-refractivity contribution in [3.63, 3.8) is 0 Å². The first-order chi connectivity index (χ1) is 12.0. The average molecular weight is 338 g/mol. The summed E-state index contributed by atoms with van der Waals surface area (Å²) in [5.41, 5.74) is 7.85. The molecule has 2 aromatic rings. The van der Waals surface area contributed by atoms with Crippen LogP contribution in [0.25, 0.3) is 0 Å². The molecule has 0 bridgehead atoms. The van der Waals surface area contributed by atoms with Crippen LogP contribution in [0.1, 0.15) is 16.8 Å². The number of anilines is 2. The summed E-state index contributed by atoms with van der Waals surface area (Å²) in [6, 6.07) is 3.50. The molecule has 0 unspecified atom stereocenters. The third-order valence-corrected chi connectivity index (χ3v) is 3.98. The maximum atomic E-state index is 11.0. The molecule has 2 aromatic heterocycles. The minimum absolute atomic E-state index is 0.438. The number of hydrogen-bond donors (Lipinski definition) is 2. The zero-order chi connectivity index (χ0) is 17.8. The minimum Gasteiger partial charge on any atom is -0.465 e. The van der Waals surface area contributed by atoms with Gasteiger partial charge in [-0.2, -0.15) is 0 Å². The number of nitrogen functional groups attached to an aromatic ring is 1. The van der Waals surface area contributed by atoms with Gasteiger partial charge in [-0.25, -0.2) is 19.7 Å². The molecule has 3 rings (SSSR count). The van der Waals surface area contributed by atoms with Gasteiger partial charge in [0.15, 0.2) is 0 Å². The van der Waals surface area contributed by atoms with Gasteiger partial charge in [0.05, 0.1) is 11.3 Å². The quantitative estimate of drug-likeness (QED) is 0.746. The predicted molar refractivity (Wildman–Crippen MR) is 93.2 cm³/mol. The molecule has 0 saturated carbocycles. The lowest BCUT2D eigenvalue weighted by Crippen LogP contribution is -2.48. The van der Waals surface area contributed by atoms with Crippen LogP contribution < -0.4 is 10.6 Å². The number of carbonyl (C=O) groups is 1. The Morgan fingerprint density at radius 2 is 1.92 bits per heavy atom. The third-order valence-electron chi connectivity index (χ3n) is 3.98. The van der Waals surface area contributed by atoms with E-state index in [1.807, 2.05) is 11.8 Å². The van der Waals surface area contributed by atoms with Gasteiger partial charge in [0.2, 0.25) is 0 Å². The number of hydrogen-bond acceptors (Lipinski definition) is 6. The molecule has 1 fully saturated rings. The molecular formula is C17H18N6O2. The summed E-state index contributed by atoms with van der Waals surface area (Å²) in [6.07, 6.45) is 2.23. The Balaban J connectivity index is 1.86. The number of carboxylic acid groups (broad SMARTS) is 1. The zero-order valence-corrected chi connectivity index (χ0v) is 13.8. The van der Waals surface area contributed by atoms with E-state index in [1.54, 1.807) is 18.3 Å². The van der Waals surface area contributed by atoms with E-state index < -0.39 is 6.09 Å². The SMILES string of the molecule is Cc1ncnc(N2CCN(C(=O)O)CC2)c1C#Cc1ccc(N)nc1. The van der Waals surface area contributed by atoms with Gasteiger partial charge >= 0.3 is 6.09 Å². The second kappa shape index (κ2) is 7.05. The van der Waals surface area contributed by atoms with Crippen molar-refractivity contribution in [2.75, 3.05) is 36.8 Å². The average Bonchev–Trinajstić information content (AvgIpc) is 2.62. The maximum Gasteiger partial charge on any atom is 0.407 e. The van der Waals surface area contributed by atoms with Gasteiger partial charge in [0.1, 0.15) is 18.0 Å². The number of aryl methyl sites for hydroxylation is 1. The Morgan fingerprint density at radius 3 is 2.56 bits per heavy atom. The Morgan fingerprint density at radius 1 is 1.16 bits per heavy atom. The molecule has 1 saturated heterocycles. The molecule has 0 atom stereocenters. The molecule has 25 heavy (non-hydrogen) atoms. The summed E-state index contributed by atoms with van der Waals surface area (Å²) in [5, 5.41) is 9.07. The zero-order valence-electron chi connectivity index (χ0n) is 13.8. The topological polar surface area (TPSA) is 108 Å². The fraction of sp³-hybridized carbons (Fsp3) is 0.294. The van der Waals surface area contributed by atoms with Crippen molar-refractivity contribution in [2.24, 2.45) is 0 Å². The standard InChI is InChI=1S/C17H18N6O2/c1-12-14(4-2-13-3-5-15(18)19-10-13)16(21-11-20-12)22-6-8-23(9-7-22)17(24)25/h3,5,10-11H,6-9H2,1H3,(H2,18,19)(H,24,25). The van der Waals surface area contributed by atoms with Crippen molar-refractivity contribution in [1.82, 2.24) is 19.9 Å². The summed E-state index contributed by atoms with van der Waals surface area (Å²) in [4.78, 5) is 27.1. The fourth-order valence-electron chi connectivity index (χ4n) is 2.57. The lowest BCUT2D eigenvalue weighted by atomic mass is 10.1. The van der Waals surface area contributed by atoms with E-state index in [-0.39, 0.29) is 0 Å². The van der Waals surface area contributed by atoms with Crippen LogP contribution in [0.5, 0.6) is 0 Å². The van der Waals surface area contributed by atoms with Crippen LogP contribution in [0.3, 0.4) is 0 Å². The molecule has 0 aromatic carbocycles. The monoisotopic (exact) mass is 338 g/mol. The highest BCUT2D eigenvalue weighted by Gasteiger charge is 2.23. The summed E-state index contributed by atoms with van der Waals surface area (Å²) < 4.78 is 0. The van der Waals surface area contributed by atoms with Gasteiger partial charge in [-0.05, 0) is 19.1 Å². The first-order valence-electron chi connectivity index (χ1n) is 7.82. The van der Waals surface area contributed by atoms with E-state index in [9.17, 15) is 4.79 Å². The van der Waals surface area contributed by atoms with E-state index in [0.717, 1.165) is 22.6 Å². The van der Waals surface area contributed by atoms with Gasteiger partial charge in [0, 0.05) is 37.9 Å². The molecule has 1 aliphatic heterocycles. The number of aromatic nitrogens is 3. The molecule has 3 heterocycles. The summed E-state index contributed by atoms with van der Waals surface area (Å²) in [5.74, 6) is 7.35. The molecule has 128 valence electrons. The van der Waals surface area contributed by atoms with E-state index in [2.05, 4.69) is 26.8 Å². The van der Waals surface area contributed by atoms with Crippen LogP contribution in [0, 0.1) is 18.8 Å². The van der Waals surface area contributed by atoms with Crippen molar-refractivity contribution in [1.29, 1.82) is 0 Å². The van der Waals surface area contributed by atoms with E-state index in [4.69, 9.17) is 10.8 Å². The predicted octanol–water partition coefficient (Wildman–Crippen LogP) is 0.962. The molecule has 0 aliphatic carbocycles. The highest BCUT2D eigenvalue weighted by Crippen LogP contribution is 2.20. The van der Waals surface area contributed by atoms with E-state index in [0.29, 0.717) is 32.0 Å². The summed E-state index contributed by atoms with van der Waals surface area (Å²) in [6.45, 7) is 3.89. The van der Waals surface area contributed by atoms with Gasteiger partial charge < -0.3 is 20.6 Å². The van der Waals surface area contributed by atoms with Crippen molar-refractivity contribution < 1.29 is 9.90 Å². The van der Waals surface area contributed by atoms with E-state index in [1.165, 1.54) is 11.2 Å². The van der Waals surface area contributed by atoms with Crippen LogP contribution in [-0.4, -0.2) is 57.2 Å². The molecular weight excluding hydrogens is 320 g/mol. The second-order valence-corrected chi connectivity index (χ2v) is 5.64. The first-order valence-corrected chi connectivity index (χ1v) is 7.82. The molecule has 0 spiro atoms. The van der Waals surface area contributed by atoms with Gasteiger partial charge in [-0.1, -0.05) is 11.8 Å². The minimum atomic E-state index is -0.894. The number of nitrogens with zero attached hydrogens (tertiary/aromatic N) is 5. The summed E-state index contributed by atoms with van der Waals surface area (Å²) >= 11 is 0. The molecule has 1 aliphatic rings. The smallest absolute Gasteiger partial charge is 0.407 e. The molecule has 8 heteroatoms. The van der Waals surface area contributed by atoms with Gasteiger partial charge in [0.25, 0.3) is 0 Å². The molecule has 0 radical (unpaired) electrons. The number of amides is 1. The van der Waals surface area contributed by atoms with Crippen molar-refractivity contribution >= 4 is 17.7 Å². The number of rotatable bonds is 1. The largest absolute Gasteiger partial charge is 0.465 e. The lowest BCUT2D eigenvalue weighted by molar-refractivity contribution is 0.142. The number of piperazine rings is 1. The fourth-order valence-corrected chi connectivity index (χ4v) is 2.57. The molecule has 3 N–H and O–H groups in total. The Kier molecular flexibility index (Phi) is 4.66. The van der Waals surface area contributed by atoms with E-state index >= 15 is 0 Å². The Labute approximate surface area is 145 Å². The van der Waals surface area contributed by atoms with Crippen LogP contribution in [-0.2, 0) is 0 Å². The second-order valence-electron chi connectivity index (χ2n) is 5.64. The Bertz CT molecular complexity index is 832. The number of pyridine rings is 1. The Hall–Kier alpha value is -3.34. The van der Waals surface area contributed by atoms with Gasteiger partial charge in [-0.3, -0.25) is 0 Å². The van der Waals surface area contributed by atoms with Crippen molar-refractivity contribution in [2.45, 2.75) is 6.92 Å². The lowest BCUT2D eigenvalue weighted by Gasteiger charge is -2.34. The molecule has 8 nitrogen and oxygen atoms in total. The number of nitrogens with two attached hydrogens (primary N) is 1. The first kappa shape index (κ1) is 16.5. The highest BCUT2D eigenvalue weighted by atomic mass is 16.4.